The predicted octanol–water partition coefficient (Wildman–Crippen LogP) is 1.88. The maximum atomic E-state index is 5.76. The van der Waals surface area contributed by atoms with E-state index in [-0.39, 0.29) is 6.04 Å². The third kappa shape index (κ3) is 1.88. The van der Waals surface area contributed by atoms with Crippen molar-refractivity contribution in [3.8, 4) is 0 Å². The summed E-state index contributed by atoms with van der Waals surface area (Å²) in [6.07, 6.45) is 2.71. The molecule has 0 aromatic carbocycles. The van der Waals surface area contributed by atoms with Crippen molar-refractivity contribution in [1.29, 1.82) is 0 Å². The van der Waals surface area contributed by atoms with E-state index in [9.17, 15) is 0 Å². The van der Waals surface area contributed by atoms with Crippen LogP contribution in [-0.2, 0) is 13.5 Å². The van der Waals surface area contributed by atoms with Gasteiger partial charge in [0.1, 0.15) is 17.6 Å². The first-order chi connectivity index (χ1) is 7.76. The smallest absolute Gasteiger partial charge is 0.127 e. The third-order valence-corrected chi connectivity index (χ3v) is 2.76. The molecule has 2 heterocycles. The Morgan fingerprint density at radius 1 is 1.44 bits per heavy atom. The van der Waals surface area contributed by atoms with E-state index in [1.165, 1.54) is 0 Å². The van der Waals surface area contributed by atoms with Gasteiger partial charge in [-0.2, -0.15) is 5.10 Å². The summed E-state index contributed by atoms with van der Waals surface area (Å²) in [7, 11) is 3.86. The van der Waals surface area contributed by atoms with Crippen molar-refractivity contribution in [2.75, 3.05) is 7.05 Å². The van der Waals surface area contributed by atoms with Crippen LogP contribution in [0.15, 0.2) is 28.8 Å². The van der Waals surface area contributed by atoms with E-state index >= 15 is 0 Å². The maximum absolute atomic E-state index is 5.76. The summed E-state index contributed by atoms with van der Waals surface area (Å²) in [4.78, 5) is 0. The number of aryl methyl sites for hydroxylation is 2. The number of furan rings is 1. The normalized spacial score (nSPS) is 12.9. The van der Waals surface area contributed by atoms with Crippen molar-refractivity contribution in [2.45, 2.75) is 19.4 Å². The molecule has 0 saturated heterocycles. The fourth-order valence-corrected chi connectivity index (χ4v) is 1.84. The lowest BCUT2D eigenvalue weighted by Gasteiger charge is -2.13. The Balaban J connectivity index is 2.32. The molecule has 1 atom stereocenters. The van der Waals surface area contributed by atoms with Crippen molar-refractivity contribution in [1.82, 2.24) is 15.1 Å². The molecule has 1 unspecified atom stereocenters. The van der Waals surface area contributed by atoms with Crippen LogP contribution in [0.3, 0.4) is 0 Å². The zero-order valence-corrected chi connectivity index (χ0v) is 9.90. The molecule has 1 N–H and O–H groups in total. The van der Waals surface area contributed by atoms with Crippen molar-refractivity contribution in [3.05, 3.63) is 41.6 Å². The fourth-order valence-electron chi connectivity index (χ4n) is 1.84. The van der Waals surface area contributed by atoms with E-state index < -0.39 is 0 Å². The van der Waals surface area contributed by atoms with E-state index in [2.05, 4.69) is 17.3 Å². The van der Waals surface area contributed by atoms with E-state index in [0.717, 1.165) is 23.6 Å². The molecule has 4 heteroatoms. The van der Waals surface area contributed by atoms with Crippen molar-refractivity contribution >= 4 is 0 Å². The SMILES string of the molecule is CCc1ccc(C(NC)c2ccnn2C)o1. The molecule has 0 radical (unpaired) electrons. The van der Waals surface area contributed by atoms with Gasteiger partial charge in [0.2, 0.25) is 0 Å². The van der Waals surface area contributed by atoms with Crippen LogP contribution in [0.4, 0.5) is 0 Å². The fraction of sp³-hybridized carbons (Fsp3) is 0.417. The van der Waals surface area contributed by atoms with Crippen LogP contribution >= 0.6 is 0 Å². The molecule has 4 nitrogen and oxygen atoms in total. The lowest BCUT2D eigenvalue weighted by Crippen LogP contribution is -2.20. The summed E-state index contributed by atoms with van der Waals surface area (Å²) in [5.41, 5.74) is 1.10. The van der Waals surface area contributed by atoms with Gasteiger partial charge in [-0.25, -0.2) is 0 Å². The van der Waals surface area contributed by atoms with Crippen LogP contribution in [0, 0.1) is 0 Å². The number of hydrogen-bond acceptors (Lipinski definition) is 3. The largest absolute Gasteiger partial charge is 0.464 e. The molecule has 2 rings (SSSR count). The van der Waals surface area contributed by atoms with Crippen LogP contribution in [0.25, 0.3) is 0 Å². The van der Waals surface area contributed by atoms with Crippen LogP contribution < -0.4 is 5.32 Å². The molecule has 0 fully saturated rings. The molecule has 2 aromatic heterocycles. The van der Waals surface area contributed by atoms with E-state index in [0.29, 0.717) is 0 Å². The Hall–Kier alpha value is -1.55. The molecule has 0 aliphatic heterocycles. The third-order valence-electron chi connectivity index (χ3n) is 2.76. The summed E-state index contributed by atoms with van der Waals surface area (Å²) in [6.45, 7) is 2.08. The summed E-state index contributed by atoms with van der Waals surface area (Å²) in [5.74, 6) is 1.94. The van der Waals surface area contributed by atoms with Gasteiger partial charge in [-0.15, -0.1) is 0 Å². The highest BCUT2D eigenvalue weighted by Crippen LogP contribution is 2.23. The second kappa shape index (κ2) is 4.53. The predicted molar refractivity (Wildman–Crippen MR) is 62.2 cm³/mol. The minimum Gasteiger partial charge on any atom is -0.464 e. The lowest BCUT2D eigenvalue weighted by atomic mass is 10.1. The van der Waals surface area contributed by atoms with Gasteiger partial charge in [0.15, 0.2) is 0 Å². The molecule has 86 valence electrons. The van der Waals surface area contributed by atoms with Gasteiger partial charge in [-0.1, -0.05) is 6.92 Å². The Bertz CT molecular complexity index is 458. The molecule has 0 aliphatic rings. The Labute approximate surface area is 95.3 Å². The molecule has 0 saturated carbocycles. The lowest BCUT2D eigenvalue weighted by molar-refractivity contribution is 0.424. The maximum Gasteiger partial charge on any atom is 0.127 e. The average Bonchev–Trinajstić information content (AvgIpc) is 2.90. The van der Waals surface area contributed by atoms with Crippen LogP contribution in [0.5, 0.6) is 0 Å². The van der Waals surface area contributed by atoms with Gasteiger partial charge >= 0.3 is 0 Å². The molecule has 2 aromatic rings. The quantitative estimate of drug-likeness (QED) is 0.853. The van der Waals surface area contributed by atoms with E-state index in [1.807, 2.05) is 37.0 Å². The zero-order valence-electron chi connectivity index (χ0n) is 9.90. The molecular weight excluding hydrogens is 202 g/mol. The summed E-state index contributed by atoms with van der Waals surface area (Å²) < 4.78 is 7.62. The molecular formula is C12H17N3O. The average molecular weight is 219 g/mol. The van der Waals surface area contributed by atoms with Crippen molar-refractivity contribution in [3.63, 3.8) is 0 Å². The number of nitrogens with zero attached hydrogens (tertiary/aromatic N) is 2. The van der Waals surface area contributed by atoms with Gasteiger partial charge in [-0.05, 0) is 25.2 Å². The van der Waals surface area contributed by atoms with Gasteiger partial charge in [-0.3, -0.25) is 4.68 Å². The standard InChI is InChI=1S/C12H17N3O/c1-4-9-5-6-11(16-9)12(13-2)10-7-8-14-15(10)3/h5-8,12-13H,4H2,1-3H3. The Morgan fingerprint density at radius 3 is 2.75 bits per heavy atom. The topological polar surface area (TPSA) is 43.0 Å². The number of nitrogens with one attached hydrogen (secondary N) is 1. The molecule has 0 amide bonds. The van der Waals surface area contributed by atoms with Crippen LogP contribution in [0.2, 0.25) is 0 Å². The highest BCUT2D eigenvalue weighted by Gasteiger charge is 2.18. The monoisotopic (exact) mass is 219 g/mol. The summed E-state index contributed by atoms with van der Waals surface area (Å²) >= 11 is 0. The van der Waals surface area contributed by atoms with Gasteiger partial charge in [0.05, 0.1) is 5.69 Å². The minimum atomic E-state index is 0.0628. The molecule has 16 heavy (non-hydrogen) atoms. The van der Waals surface area contributed by atoms with Gasteiger partial charge in [0, 0.05) is 19.7 Å². The highest BCUT2D eigenvalue weighted by atomic mass is 16.3. The number of rotatable bonds is 4. The molecule has 0 spiro atoms. The summed E-state index contributed by atoms with van der Waals surface area (Å²) in [5, 5.41) is 7.42. The van der Waals surface area contributed by atoms with E-state index in [1.54, 1.807) is 6.20 Å². The number of hydrogen-bond donors (Lipinski definition) is 1. The van der Waals surface area contributed by atoms with Crippen LogP contribution in [0.1, 0.15) is 30.2 Å². The Morgan fingerprint density at radius 2 is 2.25 bits per heavy atom. The molecule has 0 aliphatic carbocycles. The van der Waals surface area contributed by atoms with Gasteiger partial charge in [0.25, 0.3) is 0 Å². The van der Waals surface area contributed by atoms with Crippen molar-refractivity contribution < 1.29 is 4.42 Å². The first-order valence-corrected chi connectivity index (χ1v) is 5.50. The zero-order chi connectivity index (χ0) is 11.5. The first kappa shape index (κ1) is 11.0. The minimum absolute atomic E-state index is 0.0628. The van der Waals surface area contributed by atoms with Crippen LogP contribution in [-0.4, -0.2) is 16.8 Å². The second-order valence-electron chi connectivity index (χ2n) is 3.76. The highest BCUT2D eigenvalue weighted by molar-refractivity contribution is 5.21. The molecule has 0 bridgehead atoms. The number of aromatic nitrogens is 2. The summed E-state index contributed by atoms with van der Waals surface area (Å²) in [6, 6.07) is 6.10. The first-order valence-electron chi connectivity index (χ1n) is 5.50. The Kier molecular flexibility index (Phi) is 3.10. The van der Waals surface area contributed by atoms with Gasteiger partial charge < -0.3 is 9.73 Å². The van der Waals surface area contributed by atoms with Crippen molar-refractivity contribution in [2.24, 2.45) is 7.05 Å². The van der Waals surface area contributed by atoms with E-state index in [4.69, 9.17) is 4.42 Å². The second-order valence-corrected chi connectivity index (χ2v) is 3.76.